The normalized spacial score (nSPS) is 13.7. The first kappa shape index (κ1) is 14.7. The Morgan fingerprint density at radius 3 is 2.96 bits per heavy atom. The van der Waals surface area contributed by atoms with Crippen LogP contribution in [0.25, 0.3) is 10.2 Å². The van der Waals surface area contributed by atoms with Gasteiger partial charge in [-0.15, -0.1) is 23.1 Å². The standard InChI is InChI=1S/C18H15N3S2/c19-9-12-5-1-2-6-13(12)10-22-17-16-14-7-3-4-8-15(14)23-18(16)21-11-20-17/h1-2,5-6,11H,3-4,7-8,10H2. The summed E-state index contributed by atoms with van der Waals surface area (Å²) in [5.41, 5.74) is 3.28. The Balaban J connectivity index is 1.69. The van der Waals surface area contributed by atoms with E-state index in [4.69, 9.17) is 0 Å². The molecule has 4 rings (SSSR count). The number of aryl methyl sites for hydroxylation is 2. The number of thioether (sulfide) groups is 1. The smallest absolute Gasteiger partial charge is 0.128 e. The second-order valence-electron chi connectivity index (χ2n) is 5.63. The number of thiophene rings is 1. The Morgan fingerprint density at radius 1 is 1.17 bits per heavy atom. The van der Waals surface area contributed by atoms with Crippen molar-refractivity contribution in [3.05, 3.63) is 52.2 Å². The van der Waals surface area contributed by atoms with Crippen LogP contribution < -0.4 is 0 Å². The molecule has 0 atom stereocenters. The van der Waals surface area contributed by atoms with Crippen LogP contribution in [-0.2, 0) is 18.6 Å². The molecule has 3 nitrogen and oxygen atoms in total. The molecular formula is C18H15N3S2. The third-order valence-electron chi connectivity index (χ3n) is 4.22. The van der Waals surface area contributed by atoms with Crippen molar-refractivity contribution in [2.75, 3.05) is 0 Å². The van der Waals surface area contributed by atoms with Gasteiger partial charge in [-0.05, 0) is 42.9 Å². The highest BCUT2D eigenvalue weighted by atomic mass is 32.2. The van der Waals surface area contributed by atoms with Crippen LogP contribution >= 0.6 is 23.1 Å². The molecule has 0 radical (unpaired) electrons. The van der Waals surface area contributed by atoms with Crippen molar-refractivity contribution in [2.24, 2.45) is 0 Å². The van der Waals surface area contributed by atoms with Crippen LogP contribution in [0.15, 0.2) is 35.6 Å². The lowest BCUT2D eigenvalue weighted by Gasteiger charge is -2.11. The van der Waals surface area contributed by atoms with Crippen molar-refractivity contribution in [3.8, 4) is 6.07 Å². The molecule has 0 saturated heterocycles. The number of hydrogen-bond donors (Lipinski definition) is 0. The van der Waals surface area contributed by atoms with Gasteiger partial charge >= 0.3 is 0 Å². The van der Waals surface area contributed by atoms with E-state index in [9.17, 15) is 5.26 Å². The predicted molar refractivity (Wildman–Crippen MR) is 94.8 cm³/mol. The molecule has 23 heavy (non-hydrogen) atoms. The minimum Gasteiger partial charge on any atom is -0.229 e. The molecule has 1 aliphatic carbocycles. The van der Waals surface area contributed by atoms with Crippen molar-refractivity contribution < 1.29 is 0 Å². The molecule has 0 saturated carbocycles. The monoisotopic (exact) mass is 337 g/mol. The Bertz CT molecular complexity index is 908. The zero-order chi connectivity index (χ0) is 15.6. The molecule has 2 aromatic heterocycles. The lowest BCUT2D eigenvalue weighted by molar-refractivity contribution is 0.699. The summed E-state index contributed by atoms with van der Waals surface area (Å²) in [5.74, 6) is 0.764. The first-order valence-electron chi connectivity index (χ1n) is 7.73. The molecule has 1 aliphatic rings. The van der Waals surface area contributed by atoms with Crippen LogP contribution in [0.2, 0.25) is 0 Å². The summed E-state index contributed by atoms with van der Waals surface area (Å²) in [6.07, 6.45) is 6.53. The zero-order valence-corrected chi connectivity index (χ0v) is 14.2. The van der Waals surface area contributed by atoms with Gasteiger partial charge in [0, 0.05) is 16.0 Å². The Labute approximate surface area is 143 Å². The molecule has 0 N–H and O–H groups in total. The van der Waals surface area contributed by atoms with E-state index in [-0.39, 0.29) is 0 Å². The SMILES string of the molecule is N#Cc1ccccc1CSc1ncnc2sc3c(c12)CCCC3. The lowest BCUT2D eigenvalue weighted by Crippen LogP contribution is -1.99. The van der Waals surface area contributed by atoms with E-state index in [1.807, 2.05) is 35.6 Å². The van der Waals surface area contributed by atoms with Crippen LogP contribution in [0.1, 0.15) is 34.4 Å². The number of nitriles is 1. The summed E-state index contributed by atoms with van der Waals surface area (Å²) in [7, 11) is 0. The summed E-state index contributed by atoms with van der Waals surface area (Å²) < 4.78 is 0. The fourth-order valence-corrected chi connectivity index (χ4v) is 5.40. The van der Waals surface area contributed by atoms with Gasteiger partial charge in [0.2, 0.25) is 0 Å². The minimum atomic E-state index is 0.748. The number of nitrogens with zero attached hydrogens (tertiary/aromatic N) is 3. The van der Waals surface area contributed by atoms with E-state index in [0.717, 1.165) is 33.2 Å². The number of fused-ring (bicyclic) bond motifs is 3. The fourth-order valence-electron chi connectivity index (χ4n) is 3.07. The third kappa shape index (κ3) is 2.73. The van der Waals surface area contributed by atoms with E-state index in [2.05, 4.69) is 16.0 Å². The summed E-state index contributed by atoms with van der Waals surface area (Å²) >= 11 is 3.54. The van der Waals surface area contributed by atoms with E-state index >= 15 is 0 Å². The molecular weight excluding hydrogens is 322 g/mol. The first-order chi connectivity index (χ1) is 11.4. The molecule has 0 amide bonds. The van der Waals surface area contributed by atoms with E-state index in [0.29, 0.717) is 0 Å². The highest BCUT2D eigenvalue weighted by Crippen LogP contribution is 2.39. The van der Waals surface area contributed by atoms with Gasteiger partial charge < -0.3 is 0 Å². The quantitative estimate of drug-likeness (QED) is 0.512. The number of benzene rings is 1. The third-order valence-corrected chi connectivity index (χ3v) is 6.46. The molecule has 1 aromatic carbocycles. The van der Waals surface area contributed by atoms with Crippen molar-refractivity contribution in [2.45, 2.75) is 36.5 Å². The topological polar surface area (TPSA) is 49.6 Å². The molecule has 0 bridgehead atoms. The first-order valence-corrected chi connectivity index (χ1v) is 9.53. The van der Waals surface area contributed by atoms with Crippen LogP contribution in [-0.4, -0.2) is 9.97 Å². The van der Waals surface area contributed by atoms with Crippen LogP contribution in [0.4, 0.5) is 0 Å². The average molecular weight is 337 g/mol. The summed E-state index contributed by atoms with van der Waals surface area (Å²) in [5, 5.41) is 11.5. The molecule has 2 heterocycles. The van der Waals surface area contributed by atoms with Gasteiger partial charge in [-0.3, -0.25) is 0 Å². The van der Waals surface area contributed by atoms with Crippen molar-refractivity contribution >= 4 is 33.3 Å². The zero-order valence-electron chi connectivity index (χ0n) is 12.6. The van der Waals surface area contributed by atoms with Crippen LogP contribution in [0.3, 0.4) is 0 Å². The number of aromatic nitrogens is 2. The van der Waals surface area contributed by atoms with Crippen molar-refractivity contribution in [1.29, 1.82) is 5.26 Å². The molecule has 0 aliphatic heterocycles. The highest BCUT2D eigenvalue weighted by Gasteiger charge is 2.20. The van der Waals surface area contributed by atoms with E-state index < -0.39 is 0 Å². The minimum absolute atomic E-state index is 0.748. The maximum atomic E-state index is 9.23. The van der Waals surface area contributed by atoms with Gasteiger partial charge in [-0.1, -0.05) is 18.2 Å². The Hall–Kier alpha value is -1.90. The molecule has 0 spiro atoms. The highest BCUT2D eigenvalue weighted by molar-refractivity contribution is 7.98. The molecule has 5 heteroatoms. The lowest BCUT2D eigenvalue weighted by atomic mass is 9.97. The van der Waals surface area contributed by atoms with Gasteiger partial charge in [0.15, 0.2) is 0 Å². The summed E-state index contributed by atoms with van der Waals surface area (Å²) in [4.78, 5) is 11.6. The van der Waals surface area contributed by atoms with Gasteiger partial charge in [0.05, 0.1) is 11.6 Å². The van der Waals surface area contributed by atoms with Gasteiger partial charge in [0.1, 0.15) is 16.2 Å². The predicted octanol–water partition coefficient (Wildman–Crippen LogP) is 4.73. The van der Waals surface area contributed by atoms with Gasteiger partial charge in [-0.25, -0.2) is 9.97 Å². The van der Waals surface area contributed by atoms with E-state index in [1.54, 1.807) is 18.1 Å². The van der Waals surface area contributed by atoms with Crippen molar-refractivity contribution in [3.63, 3.8) is 0 Å². The van der Waals surface area contributed by atoms with Crippen molar-refractivity contribution in [1.82, 2.24) is 9.97 Å². The second kappa shape index (κ2) is 6.31. The summed E-state index contributed by atoms with van der Waals surface area (Å²) in [6, 6.07) is 10.1. The Morgan fingerprint density at radius 2 is 2.04 bits per heavy atom. The summed E-state index contributed by atoms with van der Waals surface area (Å²) in [6.45, 7) is 0. The number of hydrogen-bond acceptors (Lipinski definition) is 5. The maximum absolute atomic E-state index is 9.23. The number of rotatable bonds is 3. The van der Waals surface area contributed by atoms with E-state index in [1.165, 1.54) is 35.1 Å². The fraction of sp³-hybridized carbons (Fsp3) is 0.278. The molecule has 0 unspecified atom stereocenters. The van der Waals surface area contributed by atoms with Gasteiger partial charge in [0.25, 0.3) is 0 Å². The maximum Gasteiger partial charge on any atom is 0.128 e. The molecule has 3 aromatic rings. The molecule has 0 fully saturated rings. The second-order valence-corrected chi connectivity index (χ2v) is 7.68. The largest absolute Gasteiger partial charge is 0.229 e. The average Bonchev–Trinajstić information content (AvgIpc) is 2.99. The molecule has 114 valence electrons. The van der Waals surface area contributed by atoms with Crippen LogP contribution in [0, 0.1) is 11.3 Å². The Kier molecular flexibility index (Phi) is 4.02. The van der Waals surface area contributed by atoms with Gasteiger partial charge in [-0.2, -0.15) is 5.26 Å². The van der Waals surface area contributed by atoms with Crippen LogP contribution in [0.5, 0.6) is 0 Å².